The van der Waals surface area contributed by atoms with Gasteiger partial charge in [-0.25, -0.2) is 27.4 Å². The SMILES string of the molecule is CCCCc1c[n+](CC)c(CCCC)n1C.CCCCc1c[n+](CC)c(CCCC)n1C.CCCCc1c[n+](CC)c(CCCC)n1C.O=P([O-])([O-])[O-]. The predicted octanol–water partition coefficient (Wildman–Crippen LogP) is 6.23. The lowest BCUT2D eigenvalue weighted by Gasteiger charge is -2.36. The summed E-state index contributed by atoms with van der Waals surface area (Å²) < 4.78 is 23.0. The van der Waals surface area contributed by atoms with E-state index in [0.717, 1.165) is 19.6 Å². The number of aryl methyl sites for hydroxylation is 6. The molecular weight excluding hydrogens is 683 g/mol. The van der Waals surface area contributed by atoms with E-state index in [-0.39, 0.29) is 0 Å². The topological polar surface area (TPSA) is 113 Å². The molecule has 0 aromatic carbocycles. The van der Waals surface area contributed by atoms with E-state index in [1.165, 1.54) is 150 Å². The van der Waals surface area contributed by atoms with E-state index in [4.69, 9.17) is 19.2 Å². The molecule has 0 unspecified atom stereocenters. The average Bonchev–Trinajstić information content (AvgIpc) is 3.73. The van der Waals surface area contributed by atoms with Crippen LogP contribution in [0, 0.1) is 0 Å². The molecule has 0 aliphatic heterocycles. The van der Waals surface area contributed by atoms with Crippen LogP contribution in [0.2, 0.25) is 0 Å². The maximum atomic E-state index is 8.55. The number of imidazole rings is 3. The third-order valence-electron chi connectivity index (χ3n) is 10.0. The number of aromatic nitrogens is 6. The Hall–Kier alpha value is -2.26. The van der Waals surface area contributed by atoms with Crippen molar-refractivity contribution in [2.24, 2.45) is 21.1 Å². The standard InChI is InChI=1S/3C14H27N2.H3O4P/c3*1-5-8-10-13-12-16(7-3)14(15(13)4)11-9-6-2;1-5(2,3)4/h3*12H,5-11H2,1-4H3;(H3,1,2,3,4)/q3*+1;/p-3. The van der Waals surface area contributed by atoms with Crippen molar-refractivity contribution in [1.82, 2.24) is 13.7 Å². The molecule has 0 spiro atoms. The van der Waals surface area contributed by atoms with E-state index in [9.17, 15) is 0 Å². The number of unbranched alkanes of at least 4 members (excludes halogenated alkanes) is 6. The Morgan fingerprint density at radius 2 is 0.623 bits per heavy atom. The molecule has 53 heavy (non-hydrogen) atoms. The van der Waals surface area contributed by atoms with Gasteiger partial charge in [0.2, 0.25) is 0 Å². The number of rotatable bonds is 21. The second kappa shape index (κ2) is 29.1. The van der Waals surface area contributed by atoms with Gasteiger partial charge in [-0.15, -0.1) is 0 Å². The Bertz CT molecular complexity index is 1260. The summed E-state index contributed by atoms with van der Waals surface area (Å²) in [6, 6.07) is 0. The quantitative estimate of drug-likeness (QED) is 0.0947. The zero-order valence-electron chi connectivity index (χ0n) is 36.3. The van der Waals surface area contributed by atoms with Gasteiger partial charge in [0.05, 0.1) is 40.8 Å². The van der Waals surface area contributed by atoms with Gasteiger partial charge >= 0.3 is 0 Å². The molecule has 0 atom stereocenters. The molecule has 0 saturated carbocycles. The summed E-state index contributed by atoms with van der Waals surface area (Å²) in [5, 5.41) is 0. The Kier molecular flexibility index (Phi) is 27.8. The molecule has 0 aliphatic carbocycles. The van der Waals surface area contributed by atoms with Crippen molar-refractivity contribution in [2.75, 3.05) is 0 Å². The fourth-order valence-corrected chi connectivity index (χ4v) is 6.63. The minimum atomic E-state index is -5.39. The maximum Gasteiger partial charge on any atom is 0.256 e. The number of hydrogen-bond donors (Lipinski definition) is 0. The summed E-state index contributed by atoms with van der Waals surface area (Å²) in [7, 11) is 1.28. The zero-order chi connectivity index (χ0) is 40.4. The molecule has 3 heterocycles. The molecular formula is C42H81N6O4P. The fraction of sp³-hybridized carbons (Fsp3) is 0.786. The first kappa shape index (κ1) is 50.7. The van der Waals surface area contributed by atoms with Crippen LogP contribution in [-0.4, -0.2) is 13.7 Å². The predicted molar refractivity (Wildman–Crippen MR) is 213 cm³/mol. The number of phosphoric acid groups is 1. The van der Waals surface area contributed by atoms with Crippen LogP contribution >= 0.6 is 7.82 Å². The van der Waals surface area contributed by atoms with E-state index in [1.807, 2.05) is 0 Å². The lowest BCUT2D eigenvalue weighted by atomic mass is 10.2. The zero-order valence-corrected chi connectivity index (χ0v) is 37.2. The van der Waals surface area contributed by atoms with E-state index < -0.39 is 7.82 Å². The van der Waals surface area contributed by atoms with Crippen LogP contribution in [0.15, 0.2) is 18.6 Å². The molecule has 0 bridgehead atoms. The molecule has 3 aromatic heterocycles. The monoisotopic (exact) mass is 765 g/mol. The van der Waals surface area contributed by atoms with Gasteiger partial charge in [0.25, 0.3) is 17.5 Å². The highest BCUT2D eigenvalue weighted by atomic mass is 31.2. The Labute approximate surface area is 325 Å². The van der Waals surface area contributed by atoms with Crippen molar-refractivity contribution in [3.63, 3.8) is 0 Å². The van der Waals surface area contributed by atoms with Gasteiger partial charge in [-0.2, -0.15) is 7.82 Å². The van der Waals surface area contributed by atoms with Crippen molar-refractivity contribution in [2.45, 2.75) is 198 Å². The van der Waals surface area contributed by atoms with Crippen LogP contribution in [0.4, 0.5) is 0 Å². The van der Waals surface area contributed by atoms with Gasteiger partial charge in [0.15, 0.2) is 0 Å². The number of nitrogens with zero attached hydrogens (tertiary/aromatic N) is 6. The Morgan fingerprint density at radius 1 is 0.434 bits per heavy atom. The Morgan fingerprint density at radius 3 is 0.792 bits per heavy atom. The first-order valence-electron chi connectivity index (χ1n) is 21.2. The first-order chi connectivity index (χ1) is 25.2. The third-order valence-corrected chi connectivity index (χ3v) is 10.0. The highest BCUT2D eigenvalue weighted by molar-refractivity contribution is 7.40. The van der Waals surface area contributed by atoms with Crippen molar-refractivity contribution < 1.29 is 32.9 Å². The minimum absolute atomic E-state index is 1.10. The lowest BCUT2D eigenvalue weighted by molar-refractivity contribution is -0.700. The Balaban J connectivity index is 0.000000718. The molecule has 10 nitrogen and oxygen atoms in total. The first-order valence-corrected chi connectivity index (χ1v) is 22.6. The summed E-state index contributed by atoms with van der Waals surface area (Å²) >= 11 is 0. The van der Waals surface area contributed by atoms with Crippen LogP contribution in [0.5, 0.6) is 0 Å². The maximum absolute atomic E-state index is 8.55. The van der Waals surface area contributed by atoms with E-state index in [1.54, 1.807) is 0 Å². The van der Waals surface area contributed by atoms with Crippen LogP contribution in [0.25, 0.3) is 0 Å². The van der Waals surface area contributed by atoms with Crippen LogP contribution < -0.4 is 28.4 Å². The molecule has 0 radical (unpaired) electrons. The van der Waals surface area contributed by atoms with Crippen LogP contribution in [-0.2, 0) is 83.9 Å². The second-order valence-corrected chi connectivity index (χ2v) is 15.1. The van der Waals surface area contributed by atoms with Crippen LogP contribution in [0.3, 0.4) is 0 Å². The molecule has 3 rings (SSSR count). The highest BCUT2D eigenvalue weighted by Gasteiger charge is 2.20. The average molecular weight is 765 g/mol. The second-order valence-electron chi connectivity index (χ2n) is 14.2. The van der Waals surface area contributed by atoms with Gasteiger partial charge in [-0.3, -0.25) is 0 Å². The summed E-state index contributed by atoms with van der Waals surface area (Å²) in [5.74, 6) is 4.49. The summed E-state index contributed by atoms with van der Waals surface area (Å²) in [5.41, 5.74) is 4.49. The number of hydrogen-bond acceptors (Lipinski definition) is 4. The minimum Gasteiger partial charge on any atom is -0.822 e. The third kappa shape index (κ3) is 19.8. The molecule has 0 aliphatic rings. The van der Waals surface area contributed by atoms with Crippen LogP contribution in [0.1, 0.15) is 174 Å². The fourth-order valence-electron chi connectivity index (χ4n) is 6.63. The van der Waals surface area contributed by atoms with Crippen molar-refractivity contribution in [1.29, 1.82) is 0 Å². The van der Waals surface area contributed by atoms with Gasteiger partial charge in [-0.1, -0.05) is 80.1 Å². The molecule has 308 valence electrons. The normalized spacial score (nSPS) is 11.1. The summed E-state index contributed by atoms with van der Waals surface area (Å²) in [6.45, 7) is 23.6. The molecule has 0 fully saturated rings. The molecule has 0 amide bonds. The van der Waals surface area contributed by atoms with Gasteiger partial charge < -0.3 is 19.2 Å². The van der Waals surface area contributed by atoms with E-state index in [0.29, 0.717) is 0 Å². The smallest absolute Gasteiger partial charge is 0.256 e. The van der Waals surface area contributed by atoms with Crippen molar-refractivity contribution >= 4 is 7.82 Å². The van der Waals surface area contributed by atoms with Gasteiger partial charge in [-0.05, 0) is 59.3 Å². The molecule has 11 heteroatoms. The molecule has 3 aromatic rings. The van der Waals surface area contributed by atoms with E-state index in [2.05, 4.69) is 129 Å². The van der Waals surface area contributed by atoms with Gasteiger partial charge in [0, 0.05) is 38.5 Å². The lowest BCUT2D eigenvalue weighted by Crippen LogP contribution is -2.35. The van der Waals surface area contributed by atoms with E-state index >= 15 is 0 Å². The molecule has 0 saturated heterocycles. The largest absolute Gasteiger partial charge is 0.822 e. The molecule has 0 N–H and O–H groups in total. The summed E-state index contributed by atoms with van der Waals surface area (Å²) in [4.78, 5) is 25.6. The van der Waals surface area contributed by atoms with Crippen molar-refractivity contribution in [3.05, 3.63) is 53.1 Å². The van der Waals surface area contributed by atoms with Gasteiger partial charge in [0.1, 0.15) is 35.7 Å². The highest BCUT2D eigenvalue weighted by Crippen LogP contribution is 2.11. The van der Waals surface area contributed by atoms with Crippen molar-refractivity contribution in [3.8, 4) is 0 Å². The summed E-state index contributed by atoms with van der Waals surface area (Å²) in [6.07, 6.45) is 29.8.